The number of oxime groups is 1. The first-order valence-corrected chi connectivity index (χ1v) is 4.65. The van der Waals surface area contributed by atoms with Gasteiger partial charge in [-0.25, -0.2) is 4.79 Å². The zero-order valence-corrected chi connectivity index (χ0v) is 8.86. The highest BCUT2D eigenvalue weighted by Gasteiger charge is 2.05. The van der Waals surface area contributed by atoms with Crippen LogP contribution < -0.4 is 5.73 Å². The lowest BCUT2D eigenvalue weighted by molar-refractivity contribution is 0.0515. The van der Waals surface area contributed by atoms with E-state index in [2.05, 4.69) is 9.99 Å². The van der Waals surface area contributed by atoms with E-state index in [9.17, 15) is 4.79 Å². The number of hydrogen-bond acceptors (Lipinski definition) is 4. The molecule has 0 amide bonds. The summed E-state index contributed by atoms with van der Waals surface area (Å²) < 4.78 is 0. The van der Waals surface area contributed by atoms with Crippen LogP contribution in [0.25, 0.3) is 0 Å². The predicted octanol–water partition coefficient (Wildman–Crippen LogP) is 1.49. The molecule has 4 nitrogen and oxygen atoms in total. The molecule has 1 aromatic rings. The number of nitrogens with zero attached hydrogens (tertiary/aromatic N) is 1. The van der Waals surface area contributed by atoms with Gasteiger partial charge in [0.25, 0.3) is 0 Å². The average molecular weight is 206 g/mol. The summed E-state index contributed by atoms with van der Waals surface area (Å²) in [5.74, 6) is -0.470. The van der Waals surface area contributed by atoms with Gasteiger partial charge in [-0.15, -0.1) is 0 Å². The van der Waals surface area contributed by atoms with Gasteiger partial charge in [-0.05, 0) is 26.0 Å². The van der Waals surface area contributed by atoms with Crippen LogP contribution in [-0.2, 0) is 4.84 Å². The molecule has 1 aromatic carbocycles. The third-order valence-electron chi connectivity index (χ3n) is 1.87. The second-order valence-corrected chi connectivity index (χ2v) is 3.28. The lowest BCUT2D eigenvalue weighted by atomic mass is 10.2. The normalized spacial score (nSPS) is 11.3. The topological polar surface area (TPSA) is 64.7 Å². The first-order chi connectivity index (χ1) is 7.13. The Bertz CT molecular complexity index is 369. The second-order valence-electron chi connectivity index (χ2n) is 3.28. The Morgan fingerprint density at radius 1 is 1.40 bits per heavy atom. The van der Waals surface area contributed by atoms with Crippen LogP contribution in [0.15, 0.2) is 29.4 Å². The van der Waals surface area contributed by atoms with E-state index >= 15 is 0 Å². The van der Waals surface area contributed by atoms with Crippen molar-refractivity contribution >= 4 is 11.7 Å². The summed E-state index contributed by atoms with van der Waals surface area (Å²) in [5.41, 5.74) is 7.45. The third-order valence-corrected chi connectivity index (χ3v) is 1.87. The van der Waals surface area contributed by atoms with Gasteiger partial charge in [0, 0.05) is 6.54 Å². The summed E-state index contributed by atoms with van der Waals surface area (Å²) in [6.45, 7) is 3.93. The fourth-order valence-electron chi connectivity index (χ4n) is 0.899. The molecule has 1 rings (SSSR count). The van der Waals surface area contributed by atoms with Crippen molar-refractivity contribution in [3.05, 3.63) is 35.4 Å². The van der Waals surface area contributed by atoms with Crippen molar-refractivity contribution in [2.24, 2.45) is 10.9 Å². The predicted molar refractivity (Wildman–Crippen MR) is 58.8 cm³/mol. The van der Waals surface area contributed by atoms with E-state index in [1.165, 1.54) is 0 Å². The van der Waals surface area contributed by atoms with Crippen LogP contribution in [0.4, 0.5) is 0 Å². The maximum Gasteiger partial charge on any atom is 0.365 e. The Hall–Kier alpha value is -1.68. The third kappa shape index (κ3) is 3.52. The molecule has 0 bridgehead atoms. The maximum absolute atomic E-state index is 11.4. The van der Waals surface area contributed by atoms with E-state index in [-0.39, 0.29) is 6.54 Å². The summed E-state index contributed by atoms with van der Waals surface area (Å²) in [6, 6.07) is 7.09. The van der Waals surface area contributed by atoms with E-state index in [0.717, 1.165) is 5.56 Å². The molecule has 0 radical (unpaired) electrons. The number of nitrogens with two attached hydrogens (primary N) is 1. The molecule has 0 heterocycles. The smallest absolute Gasteiger partial charge is 0.325 e. The highest BCUT2D eigenvalue weighted by atomic mass is 16.7. The van der Waals surface area contributed by atoms with Crippen molar-refractivity contribution in [3.8, 4) is 0 Å². The van der Waals surface area contributed by atoms with Gasteiger partial charge >= 0.3 is 5.97 Å². The first-order valence-electron chi connectivity index (χ1n) is 4.65. The average Bonchev–Trinajstić information content (AvgIpc) is 2.26. The Morgan fingerprint density at radius 3 is 2.53 bits per heavy atom. The molecule has 0 saturated carbocycles. The summed E-state index contributed by atoms with van der Waals surface area (Å²) in [6.07, 6.45) is 0. The molecule has 0 fully saturated rings. The van der Waals surface area contributed by atoms with Crippen molar-refractivity contribution in [2.45, 2.75) is 13.8 Å². The van der Waals surface area contributed by atoms with Gasteiger partial charge in [-0.2, -0.15) is 0 Å². The van der Waals surface area contributed by atoms with Gasteiger partial charge in [0.15, 0.2) is 0 Å². The fourth-order valence-corrected chi connectivity index (χ4v) is 0.899. The maximum atomic E-state index is 11.4. The van der Waals surface area contributed by atoms with Gasteiger partial charge in [-0.3, -0.25) is 0 Å². The number of benzene rings is 1. The molecule has 4 heteroatoms. The molecule has 0 aromatic heterocycles. The van der Waals surface area contributed by atoms with Crippen LogP contribution in [-0.4, -0.2) is 18.2 Å². The van der Waals surface area contributed by atoms with Gasteiger partial charge in [0.1, 0.15) is 0 Å². The van der Waals surface area contributed by atoms with Gasteiger partial charge in [-0.1, -0.05) is 22.9 Å². The van der Waals surface area contributed by atoms with Crippen LogP contribution in [0.3, 0.4) is 0 Å². The van der Waals surface area contributed by atoms with E-state index in [0.29, 0.717) is 11.3 Å². The molecular weight excluding hydrogens is 192 g/mol. The lowest BCUT2D eigenvalue weighted by Crippen LogP contribution is -2.11. The van der Waals surface area contributed by atoms with Crippen molar-refractivity contribution < 1.29 is 9.63 Å². The standard InChI is InChI=1S/C11H14N2O2/c1-8-3-5-10(6-4-8)11(14)15-13-9(2)7-12/h3-6H,7,12H2,1-2H3/b13-9+. The molecule has 0 atom stereocenters. The second kappa shape index (κ2) is 5.26. The molecular formula is C11H14N2O2. The molecule has 0 spiro atoms. The molecule has 0 aliphatic rings. The van der Waals surface area contributed by atoms with E-state index in [1.54, 1.807) is 19.1 Å². The summed E-state index contributed by atoms with van der Waals surface area (Å²) in [5, 5.41) is 3.58. The summed E-state index contributed by atoms with van der Waals surface area (Å²) in [7, 11) is 0. The van der Waals surface area contributed by atoms with Gasteiger partial charge < -0.3 is 10.6 Å². The number of carbonyl (C=O) groups is 1. The van der Waals surface area contributed by atoms with Crippen LogP contribution in [0.1, 0.15) is 22.8 Å². The van der Waals surface area contributed by atoms with Crippen LogP contribution in [0.5, 0.6) is 0 Å². The highest BCUT2D eigenvalue weighted by molar-refractivity contribution is 5.90. The van der Waals surface area contributed by atoms with Crippen molar-refractivity contribution in [2.75, 3.05) is 6.54 Å². The largest absolute Gasteiger partial charge is 0.365 e. The van der Waals surface area contributed by atoms with Crippen LogP contribution in [0.2, 0.25) is 0 Å². The molecule has 15 heavy (non-hydrogen) atoms. The van der Waals surface area contributed by atoms with Crippen molar-refractivity contribution in [1.29, 1.82) is 0 Å². The summed E-state index contributed by atoms with van der Waals surface area (Å²) in [4.78, 5) is 16.1. The minimum Gasteiger partial charge on any atom is -0.325 e. The van der Waals surface area contributed by atoms with Crippen LogP contribution in [0, 0.1) is 6.92 Å². The number of hydrogen-bond donors (Lipinski definition) is 1. The fraction of sp³-hybridized carbons (Fsp3) is 0.273. The molecule has 80 valence electrons. The van der Waals surface area contributed by atoms with Gasteiger partial charge in [0.2, 0.25) is 0 Å². The Morgan fingerprint density at radius 2 is 2.00 bits per heavy atom. The zero-order chi connectivity index (χ0) is 11.3. The number of rotatable bonds is 3. The molecule has 2 N–H and O–H groups in total. The van der Waals surface area contributed by atoms with E-state index in [4.69, 9.17) is 5.73 Å². The van der Waals surface area contributed by atoms with E-state index in [1.807, 2.05) is 19.1 Å². The Labute approximate surface area is 88.7 Å². The molecule has 0 saturated heterocycles. The van der Waals surface area contributed by atoms with Gasteiger partial charge in [0.05, 0.1) is 11.3 Å². The highest BCUT2D eigenvalue weighted by Crippen LogP contribution is 2.04. The minimum absolute atomic E-state index is 0.279. The number of aryl methyl sites for hydroxylation is 1. The van der Waals surface area contributed by atoms with E-state index < -0.39 is 5.97 Å². The lowest BCUT2D eigenvalue weighted by Gasteiger charge is -1.99. The van der Waals surface area contributed by atoms with Crippen LogP contribution >= 0.6 is 0 Å². The summed E-state index contributed by atoms with van der Waals surface area (Å²) >= 11 is 0. The quantitative estimate of drug-likeness (QED) is 0.463. The Kier molecular flexibility index (Phi) is 4.00. The minimum atomic E-state index is -0.470. The first kappa shape index (κ1) is 11.4. The molecule has 0 aliphatic carbocycles. The van der Waals surface area contributed by atoms with Crippen molar-refractivity contribution in [3.63, 3.8) is 0 Å². The number of carbonyl (C=O) groups excluding carboxylic acids is 1. The molecule has 0 unspecified atom stereocenters. The van der Waals surface area contributed by atoms with Crippen molar-refractivity contribution in [1.82, 2.24) is 0 Å². The SMILES string of the molecule is C/C(CN)=N\OC(=O)c1ccc(C)cc1. The molecule has 0 aliphatic heterocycles. The monoisotopic (exact) mass is 206 g/mol. The Balaban J connectivity index is 2.66. The zero-order valence-electron chi connectivity index (χ0n) is 8.86.